The first kappa shape index (κ1) is 21.8. The minimum absolute atomic E-state index is 0.0642. The molecule has 3 aromatic rings. The van der Waals surface area contributed by atoms with Gasteiger partial charge in [0.15, 0.2) is 0 Å². The van der Waals surface area contributed by atoms with Crippen LogP contribution in [0.2, 0.25) is 0 Å². The third kappa shape index (κ3) is 5.27. The second-order valence-electron chi connectivity index (χ2n) is 5.74. The molecule has 0 aliphatic rings. The Morgan fingerprint density at radius 1 is 1.36 bits per heavy atom. The summed E-state index contributed by atoms with van der Waals surface area (Å²) in [4.78, 5) is 15.8. The van der Waals surface area contributed by atoms with E-state index in [0.29, 0.717) is 17.7 Å². The van der Waals surface area contributed by atoms with Gasteiger partial charge in [0.2, 0.25) is 5.88 Å². The van der Waals surface area contributed by atoms with E-state index >= 15 is 0 Å². The SMILES string of the molecule is COS(=O)(=O)O.C[C@@H](N)CNc1c(C(=O)O)sc2ccc3nc(O)ccc3c12. The minimum atomic E-state index is -4.16. The van der Waals surface area contributed by atoms with Gasteiger partial charge < -0.3 is 21.3 Å². The highest BCUT2D eigenvalue weighted by molar-refractivity contribution is 7.80. The van der Waals surface area contributed by atoms with Gasteiger partial charge in [0.05, 0.1) is 18.3 Å². The van der Waals surface area contributed by atoms with Crippen molar-refractivity contribution in [3.8, 4) is 5.88 Å². The number of rotatable bonds is 5. The molecule has 0 aliphatic heterocycles. The number of fused-ring (bicyclic) bond motifs is 3. The molecule has 0 amide bonds. The smallest absolute Gasteiger partial charge is 0.397 e. The first-order chi connectivity index (χ1) is 13.0. The van der Waals surface area contributed by atoms with E-state index in [1.807, 2.05) is 13.0 Å². The highest BCUT2D eigenvalue weighted by atomic mass is 32.3. The number of carboxylic acids is 1. The lowest BCUT2D eigenvalue weighted by molar-refractivity contribution is 0.0703. The first-order valence-corrected chi connectivity index (χ1v) is 10.0. The zero-order chi connectivity index (χ0) is 21.1. The van der Waals surface area contributed by atoms with E-state index in [-0.39, 0.29) is 16.8 Å². The van der Waals surface area contributed by atoms with Gasteiger partial charge in [-0.15, -0.1) is 11.3 Å². The number of nitrogens with two attached hydrogens (primary N) is 1. The number of hydrogen-bond donors (Lipinski definition) is 5. The van der Waals surface area contributed by atoms with Gasteiger partial charge in [0.1, 0.15) is 4.88 Å². The van der Waals surface area contributed by atoms with Gasteiger partial charge in [0.25, 0.3) is 0 Å². The van der Waals surface area contributed by atoms with Gasteiger partial charge in [0, 0.05) is 34.1 Å². The monoisotopic (exact) mass is 429 g/mol. The molecular formula is C16H19N3O7S2. The number of aromatic carboxylic acids is 1. The van der Waals surface area contributed by atoms with Crippen molar-refractivity contribution in [2.75, 3.05) is 19.0 Å². The number of thiophene rings is 1. The van der Waals surface area contributed by atoms with Crippen LogP contribution in [-0.4, -0.2) is 53.8 Å². The van der Waals surface area contributed by atoms with Gasteiger partial charge in [-0.3, -0.25) is 8.74 Å². The van der Waals surface area contributed by atoms with Crippen LogP contribution in [0.4, 0.5) is 5.69 Å². The molecule has 0 aliphatic carbocycles. The molecule has 0 saturated carbocycles. The summed E-state index contributed by atoms with van der Waals surface area (Å²) in [7, 11) is -3.29. The average Bonchev–Trinajstić information content (AvgIpc) is 2.98. The fraction of sp³-hybridized carbons (Fsp3) is 0.250. The lowest BCUT2D eigenvalue weighted by Crippen LogP contribution is -2.25. The molecule has 2 aromatic heterocycles. The topological polar surface area (TPSA) is 172 Å². The largest absolute Gasteiger partial charge is 0.493 e. The summed E-state index contributed by atoms with van der Waals surface area (Å²) in [6.07, 6.45) is 0. The van der Waals surface area contributed by atoms with E-state index in [4.69, 9.17) is 10.3 Å². The number of pyridine rings is 1. The second-order valence-corrected chi connectivity index (χ2v) is 7.98. The van der Waals surface area contributed by atoms with Crippen LogP contribution in [0.15, 0.2) is 24.3 Å². The molecule has 6 N–H and O–H groups in total. The predicted octanol–water partition coefficient (Wildman–Crippen LogP) is 2.05. The van der Waals surface area contributed by atoms with E-state index in [0.717, 1.165) is 22.6 Å². The van der Waals surface area contributed by atoms with Gasteiger partial charge in [-0.1, -0.05) is 0 Å². The molecule has 12 heteroatoms. The van der Waals surface area contributed by atoms with Gasteiger partial charge in [-0.2, -0.15) is 8.42 Å². The van der Waals surface area contributed by atoms with E-state index in [1.165, 1.54) is 17.4 Å². The zero-order valence-corrected chi connectivity index (χ0v) is 16.5. The molecule has 0 unspecified atom stereocenters. The number of nitrogens with one attached hydrogen (secondary N) is 1. The van der Waals surface area contributed by atoms with Crippen molar-refractivity contribution in [3.05, 3.63) is 29.1 Å². The number of benzene rings is 1. The first-order valence-electron chi connectivity index (χ1n) is 7.84. The quantitative estimate of drug-likeness (QED) is 0.378. The fourth-order valence-corrected chi connectivity index (χ4v) is 3.41. The molecule has 28 heavy (non-hydrogen) atoms. The third-order valence-corrected chi connectivity index (χ3v) is 5.08. The number of aromatic nitrogens is 1. The highest BCUT2D eigenvalue weighted by Crippen LogP contribution is 2.40. The molecule has 152 valence electrons. The molecule has 3 rings (SSSR count). The minimum Gasteiger partial charge on any atom is -0.493 e. The Hall–Kier alpha value is -2.51. The number of anilines is 1. The number of carboxylic acid groups (broad SMARTS) is 1. The van der Waals surface area contributed by atoms with Crippen molar-refractivity contribution in [2.24, 2.45) is 5.73 Å². The van der Waals surface area contributed by atoms with Gasteiger partial charge in [-0.05, 0) is 25.1 Å². The number of nitrogens with zero attached hydrogens (tertiary/aromatic N) is 1. The van der Waals surface area contributed by atoms with E-state index in [9.17, 15) is 23.4 Å². The van der Waals surface area contributed by atoms with Crippen molar-refractivity contribution in [3.63, 3.8) is 0 Å². The van der Waals surface area contributed by atoms with Crippen LogP contribution in [0.1, 0.15) is 16.6 Å². The maximum Gasteiger partial charge on any atom is 0.397 e. The van der Waals surface area contributed by atoms with E-state index in [2.05, 4.69) is 14.5 Å². The summed E-state index contributed by atoms with van der Waals surface area (Å²) >= 11 is 1.21. The van der Waals surface area contributed by atoms with Crippen LogP contribution in [-0.2, 0) is 14.6 Å². The Bertz CT molecular complexity index is 1110. The molecule has 0 fully saturated rings. The Kier molecular flexibility index (Phi) is 6.74. The summed E-state index contributed by atoms with van der Waals surface area (Å²) in [5, 5.41) is 23.7. The van der Waals surface area contributed by atoms with Crippen molar-refractivity contribution < 1.29 is 32.2 Å². The normalized spacial score (nSPS) is 12.4. The third-order valence-electron chi connectivity index (χ3n) is 3.51. The Labute approximate surface area is 164 Å². The molecule has 0 spiro atoms. The van der Waals surface area contributed by atoms with Gasteiger partial charge >= 0.3 is 16.4 Å². The molecule has 2 heterocycles. The maximum absolute atomic E-state index is 11.5. The number of hydrogen-bond acceptors (Lipinski definition) is 9. The fourth-order valence-electron chi connectivity index (χ4n) is 2.37. The van der Waals surface area contributed by atoms with Crippen LogP contribution in [0.5, 0.6) is 5.88 Å². The van der Waals surface area contributed by atoms with Crippen LogP contribution in [0.3, 0.4) is 0 Å². The average molecular weight is 429 g/mol. The Morgan fingerprint density at radius 3 is 2.54 bits per heavy atom. The summed E-state index contributed by atoms with van der Waals surface area (Å²) in [6, 6.07) is 6.73. The summed E-state index contributed by atoms with van der Waals surface area (Å²) in [5.41, 5.74) is 6.93. The zero-order valence-electron chi connectivity index (χ0n) is 14.9. The molecule has 10 nitrogen and oxygen atoms in total. The van der Waals surface area contributed by atoms with Crippen LogP contribution >= 0.6 is 11.3 Å². The molecule has 0 saturated heterocycles. The predicted molar refractivity (Wildman–Crippen MR) is 106 cm³/mol. The van der Waals surface area contributed by atoms with Crippen molar-refractivity contribution in [1.29, 1.82) is 0 Å². The number of aromatic hydroxyl groups is 1. The lowest BCUT2D eigenvalue weighted by atomic mass is 10.1. The lowest BCUT2D eigenvalue weighted by Gasteiger charge is -2.10. The van der Waals surface area contributed by atoms with Crippen LogP contribution in [0, 0.1) is 0 Å². The van der Waals surface area contributed by atoms with E-state index < -0.39 is 16.4 Å². The van der Waals surface area contributed by atoms with Crippen LogP contribution in [0.25, 0.3) is 21.0 Å². The summed E-state index contributed by atoms with van der Waals surface area (Å²) in [6.45, 7) is 2.31. The molecular weight excluding hydrogens is 410 g/mol. The highest BCUT2D eigenvalue weighted by Gasteiger charge is 2.20. The summed E-state index contributed by atoms with van der Waals surface area (Å²) in [5.74, 6) is -1.04. The molecule has 0 radical (unpaired) electrons. The number of carbonyl (C=O) groups is 1. The van der Waals surface area contributed by atoms with Crippen molar-refractivity contribution in [2.45, 2.75) is 13.0 Å². The molecule has 1 atom stereocenters. The van der Waals surface area contributed by atoms with Gasteiger partial charge in [-0.25, -0.2) is 9.78 Å². The molecule has 0 bridgehead atoms. The maximum atomic E-state index is 11.5. The second kappa shape index (κ2) is 8.67. The van der Waals surface area contributed by atoms with Crippen molar-refractivity contribution in [1.82, 2.24) is 4.98 Å². The summed E-state index contributed by atoms with van der Waals surface area (Å²) < 4.78 is 30.6. The Morgan fingerprint density at radius 2 is 2.00 bits per heavy atom. The Balaban J connectivity index is 0.000000409. The van der Waals surface area contributed by atoms with Crippen LogP contribution < -0.4 is 11.1 Å². The van der Waals surface area contributed by atoms with Crippen molar-refractivity contribution >= 4 is 54.4 Å². The standard InChI is InChI=1S/C15H15N3O3S.CH4O4S/c1-7(16)6-17-13-12-8-2-5-11(19)18-9(8)3-4-10(12)22-14(13)15(20)21;1-5-6(2,3)4/h2-5,7,17H,6,16H2,1H3,(H,18,19)(H,20,21);1H3,(H,2,3,4)/t7-;/m1./s1. The molecule has 1 aromatic carbocycles. The van der Waals surface area contributed by atoms with E-state index in [1.54, 1.807) is 12.1 Å².